The summed E-state index contributed by atoms with van der Waals surface area (Å²) in [6.45, 7) is 2.31. The molecule has 4 nitrogen and oxygen atoms in total. The molecule has 0 aromatic carbocycles. The second-order valence-electron chi connectivity index (χ2n) is 2.96. The van der Waals surface area contributed by atoms with Crippen LogP contribution in [0.1, 0.15) is 11.5 Å². The molecule has 0 radical (unpaired) electrons. The van der Waals surface area contributed by atoms with Gasteiger partial charge >= 0.3 is 0 Å². The molecule has 15 heavy (non-hydrogen) atoms. The van der Waals surface area contributed by atoms with Crippen molar-refractivity contribution >= 4 is 11.8 Å². The minimum absolute atomic E-state index is 0.396. The van der Waals surface area contributed by atoms with E-state index in [4.69, 9.17) is 10.2 Å². The highest BCUT2D eigenvalue weighted by Gasteiger charge is 2.08. The maximum Gasteiger partial charge on any atom is 0.124 e. The van der Waals surface area contributed by atoms with Crippen LogP contribution in [-0.4, -0.2) is 9.97 Å². The van der Waals surface area contributed by atoms with Crippen molar-refractivity contribution in [3.8, 4) is 0 Å². The summed E-state index contributed by atoms with van der Waals surface area (Å²) in [4.78, 5) is 9.46. The molecule has 2 rings (SSSR count). The van der Waals surface area contributed by atoms with Crippen molar-refractivity contribution in [2.45, 2.75) is 23.4 Å². The summed E-state index contributed by atoms with van der Waals surface area (Å²) in [5.41, 5.74) is 6.39. The fourth-order valence-electron chi connectivity index (χ4n) is 1.16. The molecule has 2 aromatic heterocycles. The van der Waals surface area contributed by atoms with E-state index in [1.165, 1.54) is 11.8 Å². The van der Waals surface area contributed by atoms with Gasteiger partial charge in [-0.2, -0.15) is 0 Å². The van der Waals surface area contributed by atoms with Crippen LogP contribution in [-0.2, 0) is 6.54 Å². The minimum Gasteiger partial charge on any atom is -0.468 e. The first-order chi connectivity index (χ1) is 7.31. The first-order valence-corrected chi connectivity index (χ1v) is 5.35. The number of hydrogen-bond donors (Lipinski definition) is 1. The molecule has 0 aliphatic heterocycles. The Hall–Kier alpha value is -1.33. The standard InChI is InChI=1S/C10H11N3OS/c1-7-9(2-5-14-7)15-10-8(6-11)12-3-4-13-10/h2-5H,6,11H2,1H3. The first kappa shape index (κ1) is 10.2. The van der Waals surface area contributed by atoms with Gasteiger partial charge in [0, 0.05) is 18.9 Å². The lowest BCUT2D eigenvalue weighted by atomic mass is 10.5. The van der Waals surface area contributed by atoms with E-state index in [9.17, 15) is 0 Å². The highest BCUT2D eigenvalue weighted by Crippen LogP contribution is 2.30. The highest BCUT2D eigenvalue weighted by molar-refractivity contribution is 7.99. The Balaban J connectivity index is 2.28. The smallest absolute Gasteiger partial charge is 0.124 e. The largest absolute Gasteiger partial charge is 0.468 e. The number of rotatable bonds is 3. The van der Waals surface area contributed by atoms with E-state index in [1.54, 1.807) is 18.7 Å². The Morgan fingerprint density at radius 2 is 2.20 bits per heavy atom. The lowest BCUT2D eigenvalue weighted by molar-refractivity contribution is 0.527. The number of nitrogens with zero attached hydrogens (tertiary/aromatic N) is 2. The van der Waals surface area contributed by atoms with Crippen molar-refractivity contribution in [1.29, 1.82) is 0 Å². The fraction of sp³-hybridized carbons (Fsp3) is 0.200. The van der Waals surface area contributed by atoms with Gasteiger partial charge in [-0.1, -0.05) is 11.8 Å². The van der Waals surface area contributed by atoms with Gasteiger partial charge < -0.3 is 10.2 Å². The van der Waals surface area contributed by atoms with Gasteiger partial charge in [-0.15, -0.1) is 0 Å². The third kappa shape index (κ3) is 2.19. The van der Waals surface area contributed by atoms with Crippen molar-refractivity contribution in [3.05, 3.63) is 36.2 Å². The number of nitrogens with two attached hydrogens (primary N) is 1. The van der Waals surface area contributed by atoms with E-state index in [0.717, 1.165) is 21.4 Å². The monoisotopic (exact) mass is 221 g/mol. The molecule has 78 valence electrons. The van der Waals surface area contributed by atoms with Crippen LogP contribution in [0.3, 0.4) is 0 Å². The topological polar surface area (TPSA) is 64.9 Å². The molecular weight excluding hydrogens is 210 g/mol. The van der Waals surface area contributed by atoms with Gasteiger partial charge in [-0.3, -0.25) is 4.98 Å². The molecule has 0 atom stereocenters. The molecule has 0 fully saturated rings. The van der Waals surface area contributed by atoms with E-state index in [0.29, 0.717) is 6.54 Å². The van der Waals surface area contributed by atoms with Crippen LogP contribution in [0.4, 0.5) is 0 Å². The number of aryl methyl sites for hydroxylation is 1. The number of furan rings is 1. The highest BCUT2D eigenvalue weighted by atomic mass is 32.2. The van der Waals surface area contributed by atoms with Crippen molar-refractivity contribution in [2.24, 2.45) is 5.73 Å². The summed E-state index contributed by atoms with van der Waals surface area (Å²) >= 11 is 1.52. The van der Waals surface area contributed by atoms with Crippen LogP contribution in [0.5, 0.6) is 0 Å². The SMILES string of the molecule is Cc1occc1Sc1nccnc1CN. The summed E-state index contributed by atoms with van der Waals surface area (Å²) in [6.07, 6.45) is 4.97. The average molecular weight is 221 g/mol. The van der Waals surface area contributed by atoms with E-state index in [1.807, 2.05) is 13.0 Å². The lowest BCUT2D eigenvalue weighted by Gasteiger charge is -2.03. The molecule has 5 heteroatoms. The van der Waals surface area contributed by atoms with Crippen molar-refractivity contribution in [1.82, 2.24) is 9.97 Å². The zero-order valence-corrected chi connectivity index (χ0v) is 9.12. The molecule has 2 aromatic rings. The quantitative estimate of drug-likeness (QED) is 0.858. The molecule has 2 heterocycles. The average Bonchev–Trinajstić information content (AvgIpc) is 2.65. The normalized spacial score (nSPS) is 10.5. The molecule has 0 bridgehead atoms. The second-order valence-corrected chi connectivity index (χ2v) is 3.99. The molecule has 2 N–H and O–H groups in total. The Morgan fingerprint density at radius 3 is 2.87 bits per heavy atom. The van der Waals surface area contributed by atoms with E-state index >= 15 is 0 Å². The van der Waals surface area contributed by atoms with Gasteiger partial charge in [0.1, 0.15) is 10.8 Å². The number of aromatic nitrogens is 2. The van der Waals surface area contributed by atoms with Crippen LogP contribution in [0.15, 0.2) is 39.1 Å². The van der Waals surface area contributed by atoms with Crippen molar-refractivity contribution in [3.63, 3.8) is 0 Å². The molecule has 0 saturated heterocycles. The molecule has 0 saturated carbocycles. The van der Waals surface area contributed by atoms with Gasteiger partial charge in [0.2, 0.25) is 0 Å². The number of hydrogen-bond acceptors (Lipinski definition) is 5. The zero-order valence-electron chi connectivity index (χ0n) is 8.30. The molecule has 0 unspecified atom stereocenters. The van der Waals surface area contributed by atoms with Gasteiger partial charge in [0.15, 0.2) is 0 Å². The minimum atomic E-state index is 0.396. The van der Waals surface area contributed by atoms with Crippen LogP contribution in [0.2, 0.25) is 0 Å². The maximum absolute atomic E-state index is 5.58. The fourth-order valence-corrected chi connectivity index (χ4v) is 2.05. The summed E-state index contributed by atoms with van der Waals surface area (Å²) in [5, 5.41) is 0.838. The van der Waals surface area contributed by atoms with E-state index in [2.05, 4.69) is 9.97 Å². The third-order valence-electron chi connectivity index (χ3n) is 1.95. The summed E-state index contributed by atoms with van der Waals surface area (Å²) < 4.78 is 5.21. The zero-order chi connectivity index (χ0) is 10.7. The van der Waals surface area contributed by atoms with Crippen LogP contribution in [0, 0.1) is 6.92 Å². The van der Waals surface area contributed by atoms with Gasteiger partial charge in [0.25, 0.3) is 0 Å². The Labute approximate surface area is 91.9 Å². The van der Waals surface area contributed by atoms with Gasteiger partial charge in [-0.25, -0.2) is 4.98 Å². The molecule has 0 spiro atoms. The van der Waals surface area contributed by atoms with Gasteiger partial charge in [0.05, 0.1) is 16.9 Å². The Bertz CT molecular complexity index is 455. The van der Waals surface area contributed by atoms with E-state index < -0.39 is 0 Å². The first-order valence-electron chi connectivity index (χ1n) is 4.53. The second kappa shape index (κ2) is 4.46. The summed E-state index contributed by atoms with van der Waals surface area (Å²) in [6, 6.07) is 1.91. The Morgan fingerprint density at radius 1 is 1.40 bits per heavy atom. The predicted molar refractivity (Wildman–Crippen MR) is 57.5 cm³/mol. The summed E-state index contributed by atoms with van der Waals surface area (Å²) in [5.74, 6) is 0.883. The maximum atomic E-state index is 5.58. The van der Waals surface area contributed by atoms with Crippen molar-refractivity contribution in [2.75, 3.05) is 0 Å². The van der Waals surface area contributed by atoms with Crippen LogP contribution < -0.4 is 5.73 Å². The van der Waals surface area contributed by atoms with Crippen LogP contribution in [0.25, 0.3) is 0 Å². The molecule has 0 aliphatic carbocycles. The van der Waals surface area contributed by atoms with E-state index in [-0.39, 0.29) is 0 Å². The lowest BCUT2D eigenvalue weighted by Crippen LogP contribution is -2.02. The predicted octanol–water partition coefficient (Wildman–Crippen LogP) is 1.99. The van der Waals surface area contributed by atoms with Crippen molar-refractivity contribution < 1.29 is 4.42 Å². The van der Waals surface area contributed by atoms with Crippen LogP contribution >= 0.6 is 11.8 Å². The molecule has 0 amide bonds. The Kier molecular flexibility index (Phi) is 3.03. The molecular formula is C10H11N3OS. The third-order valence-corrected chi connectivity index (χ3v) is 3.12. The molecule has 0 aliphatic rings. The van der Waals surface area contributed by atoms with Gasteiger partial charge in [-0.05, 0) is 13.0 Å². The summed E-state index contributed by atoms with van der Waals surface area (Å²) in [7, 11) is 0.